The van der Waals surface area contributed by atoms with Gasteiger partial charge in [-0.25, -0.2) is 4.79 Å². The number of furan rings is 1. The quantitative estimate of drug-likeness (QED) is 0.580. The first kappa shape index (κ1) is 19.9. The minimum Gasteiger partial charge on any atom is -0.467 e. The zero-order valence-corrected chi connectivity index (χ0v) is 16.6. The largest absolute Gasteiger partial charge is 0.467 e. The van der Waals surface area contributed by atoms with Gasteiger partial charge in [-0.05, 0) is 50.1 Å². The van der Waals surface area contributed by atoms with E-state index < -0.39 is 23.9 Å². The lowest BCUT2D eigenvalue weighted by Crippen LogP contribution is -2.40. The predicted octanol–water partition coefficient (Wildman–Crippen LogP) is 2.68. The van der Waals surface area contributed by atoms with Crippen LogP contribution >= 0.6 is 0 Å². The summed E-state index contributed by atoms with van der Waals surface area (Å²) in [7, 11) is 0. The first-order chi connectivity index (χ1) is 14.4. The number of nitrogens with one attached hydrogen (secondary N) is 1. The number of hydrogen-bond donors (Lipinski definition) is 1. The average Bonchev–Trinajstić information content (AvgIpc) is 3.48. The van der Waals surface area contributed by atoms with Crippen LogP contribution in [0.3, 0.4) is 0 Å². The smallest absolute Gasteiger partial charge is 0.338 e. The van der Waals surface area contributed by atoms with Gasteiger partial charge in [-0.1, -0.05) is 12.8 Å². The second-order valence-electron chi connectivity index (χ2n) is 7.57. The van der Waals surface area contributed by atoms with Crippen LogP contribution in [0.4, 0.5) is 0 Å². The molecular weight excluding hydrogens is 388 g/mol. The Morgan fingerprint density at radius 1 is 1.17 bits per heavy atom. The van der Waals surface area contributed by atoms with Gasteiger partial charge in [-0.2, -0.15) is 0 Å². The van der Waals surface area contributed by atoms with Crippen molar-refractivity contribution in [1.29, 1.82) is 0 Å². The normalized spacial score (nSPS) is 17.2. The number of amides is 3. The summed E-state index contributed by atoms with van der Waals surface area (Å²) < 4.78 is 10.5. The SMILES string of the molecule is C[C@@H](OC(=O)c1ccc2c(c1)C(=O)N(Cc1ccco1)C2=O)C(=O)NC1CCCC1. The molecule has 156 valence electrons. The van der Waals surface area contributed by atoms with E-state index in [1.807, 2.05) is 0 Å². The molecule has 30 heavy (non-hydrogen) atoms. The maximum absolute atomic E-state index is 12.7. The molecular formula is C22H22N2O6. The Morgan fingerprint density at radius 3 is 2.60 bits per heavy atom. The van der Waals surface area contributed by atoms with Crippen molar-refractivity contribution >= 4 is 23.7 Å². The molecule has 1 N–H and O–H groups in total. The number of rotatable bonds is 6. The van der Waals surface area contributed by atoms with Crippen LogP contribution in [-0.2, 0) is 16.1 Å². The zero-order chi connectivity index (χ0) is 21.3. The number of ether oxygens (including phenoxy) is 1. The molecule has 2 aromatic rings. The van der Waals surface area contributed by atoms with E-state index in [-0.39, 0.29) is 35.2 Å². The first-order valence-electron chi connectivity index (χ1n) is 9.98. The lowest BCUT2D eigenvalue weighted by atomic mass is 10.1. The molecule has 1 aromatic heterocycles. The van der Waals surface area contributed by atoms with E-state index in [0.29, 0.717) is 5.76 Å². The van der Waals surface area contributed by atoms with E-state index in [1.165, 1.54) is 31.4 Å². The van der Waals surface area contributed by atoms with Crippen LogP contribution in [0.5, 0.6) is 0 Å². The average molecular weight is 410 g/mol. The van der Waals surface area contributed by atoms with E-state index >= 15 is 0 Å². The molecule has 2 heterocycles. The molecule has 1 aliphatic carbocycles. The van der Waals surface area contributed by atoms with Crippen LogP contribution in [0.1, 0.15) is 69.4 Å². The Hall–Kier alpha value is -3.42. The van der Waals surface area contributed by atoms with Crippen molar-refractivity contribution in [3.8, 4) is 0 Å². The van der Waals surface area contributed by atoms with Gasteiger partial charge in [0.2, 0.25) is 0 Å². The van der Waals surface area contributed by atoms with Gasteiger partial charge in [0.05, 0.1) is 29.5 Å². The standard InChI is InChI=1S/C22H22N2O6/c1-13(19(25)23-15-5-2-3-6-15)30-22(28)14-8-9-17-18(11-14)21(27)24(20(17)26)12-16-7-4-10-29-16/h4,7-11,13,15H,2-3,5-6,12H2,1H3,(H,23,25)/t13-/m1/s1. The number of imide groups is 1. The van der Waals surface area contributed by atoms with Crippen LogP contribution in [0.25, 0.3) is 0 Å². The molecule has 1 atom stereocenters. The van der Waals surface area contributed by atoms with Crippen LogP contribution < -0.4 is 5.32 Å². The fourth-order valence-electron chi connectivity index (χ4n) is 3.79. The van der Waals surface area contributed by atoms with Crippen molar-refractivity contribution in [1.82, 2.24) is 10.2 Å². The predicted molar refractivity (Wildman–Crippen MR) is 105 cm³/mol. The van der Waals surface area contributed by atoms with Crippen molar-refractivity contribution in [3.63, 3.8) is 0 Å². The number of hydrogen-bond acceptors (Lipinski definition) is 6. The second-order valence-corrected chi connectivity index (χ2v) is 7.57. The summed E-state index contributed by atoms with van der Waals surface area (Å²) in [4.78, 5) is 51.0. The summed E-state index contributed by atoms with van der Waals surface area (Å²) in [5, 5.41) is 2.89. The van der Waals surface area contributed by atoms with Crippen LogP contribution in [0.2, 0.25) is 0 Å². The van der Waals surface area contributed by atoms with Gasteiger partial charge in [-0.3, -0.25) is 19.3 Å². The number of carbonyl (C=O) groups is 4. The minimum atomic E-state index is -0.959. The summed E-state index contributed by atoms with van der Waals surface area (Å²) >= 11 is 0. The Morgan fingerprint density at radius 2 is 1.90 bits per heavy atom. The third-order valence-electron chi connectivity index (χ3n) is 5.46. The molecule has 4 rings (SSSR count). The van der Waals surface area contributed by atoms with Gasteiger partial charge in [-0.15, -0.1) is 0 Å². The molecule has 0 spiro atoms. The number of carbonyl (C=O) groups excluding carboxylic acids is 4. The Kier molecular flexibility index (Phi) is 5.39. The summed E-state index contributed by atoms with van der Waals surface area (Å²) in [6.07, 6.45) is 4.53. The van der Waals surface area contributed by atoms with Gasteiger partial charge >= 0.3 is 5.97 Å². The zero-order valence-electron chi connectivity index (χ0n) is 16.6. The third-order valence-corrected chi connectivity index (χ3v) is 5.46. The Labute approximate surface area is 173 Å². The van der Waals surface area contributed by atoms with Gasteiger partial charge in [0.1, 0.15) is 5.76 Å². The summed E-state index contributed by atoms with van der Waals surface area (Å²) in [5.41, 5.74) is 0.453. The summed E-state index contributed by atoms with van der Waals surface area (Å²) in [6, 6.07) is 7.65. The number of esters is 1. The highest BCUT2D eigenvalue weighted by Crippen LogP contribution is 2.26. The fraction of sp³-hybridized carbons (Fsp3) is 0.364. The molecule has 2 aliphatic rings. The lowest BCUT2D eigenvalue weighted by Gasteiger charge is -2.17. The first-order valence-corrected chi connectivity index (χ1v) is 9.98. The monoisotopic (exact) mass is 410 g/mol. The molecule has 1 saturated carbocycles. The van der Waals surface area contributed by atoms with Crippen LogP contribution in [0, 0.1) is 0 Å². The molecule has 1 fully saturated rings. The van der Waals surface area contributed by atoms with Gasteiger partial charge in [0.25, 0.3) is 17.7 Å². The van der Waals surface area contributed by atoms with E-state index in [9.17, 15) is 19.2 Å². The van der Waals surface area contributed by atoms with Crippen LogP contribution in [0.15, 0.2) is 41.0 Å². The highest BCUT2D eigenvalue weighted by atomic mass is 16.5. The number of nitrogens with zero attached hydrogens (tertiary/aromatic N) is 1. The van der Waals surface area contributed by atoms with Crippen molar-refractivity contribution in [2.45, 2.75) is 51.3 Å². The number of fused-ring (bicyclic) bond motifs is 1. The fourth-order valence-corrected chi connectivity index (χ4v) is 3.79. The van der Waals surface area contributed by atoms with E-state index in [2.05, 4.69) is 5.32 Å². The van der Waals surface area contributed by atoms with Crippen molar-refractivity contribution in [2.24, 2.45) is 0 Å². The Bertz CT molecular complexity index is 991. The molecule has 0 radical (unpaired) electrons. The minimum absolute atomic E-state index is 0.0114. The number of benzene rings is 1. The van der Waals surface area contributed by atoms with Crippen molar-refractivity contribution in [2.75, 3.05) is 0 Å². The molecule has 1 aromatic carbocycles. The topological polar surface area (TPSA) is 106 Å². The van der Waals surface area contributed by atoms with Gasteiger partial charge in [0.15, 0.2) is 6.10 Å². The van der Waals surface area contributed by atoms with Crippen LogP contribution in [-0.4, -0.2) is 40.7 Å². The molecule has 0 unspecified atom stereocenters. The van der Waals surface area contributed by atoms with Gasteiger partial charge < -0.3 is 14.5 Å². The second kappa shape index (κ2) is 8.14. The molecule has 1 aliphatic heterocycles. The maximum atomic E-state index is 12.7. The van der Waals surface area contributed by atoms with E-state index in [1.54, 1.807) is 12.1 Å². The third kappa shape index (κ3) is 3.85. The van der Waals surface area contributed by atoms with Crippen molar-refractivity contribution < 1.29 is 28.3 Å². The maximum Gasteiger partial charge on any atom is 0.338 e. The van der Waals surface area contributed by atoms with Crippen molar-refractivity contribution in [3.05, 3.63) is 59.0 Å². The van der Waals surface area contributed by atoms with E-state index in [4.69, 9.17) is 9.15 Å². The Balaban J connectivity index is 1.43. The van der Waals surface area contributed by atoms with Gasteiger partial charge in [0, 0.05) is 6.04 Å². The molecule has 0 bridgehead atoms. The molecule has 0 saturated heterocycles. The highest BCUT2D eigenvalue weighted by molar-refractivity contribution is 6.21. The molecule has 8 nitrogen and oxygen atoms in total. The molecule has 8 heteroatoms. The summed E-state index contributed by atoms with van der Waals surface area (Å²) in [6.45, 7) is 1.52. The van der Waals surface area contributed by atoms with E-state index in [0.717, 1.165) is 30.6 Å². The lowest BCUT2D eigenvalue weighted by molar-refractivity contribution is -0.129. The summed E-state index contributed by atoms with van der Waals surface area (Å²) in [5.74, 6) is -1.54. The molecule has 3 amide bonds. The highest BCUT2D eigenvalue weighted by Gasteiger charge is 2.36.